The summed E-state index contributed by atoms with van der Waals surface area (Å²) < 4.78 is 22.5. The number of benzene rings is 1. The molecule has 20 heavy (non-hydrogen) atoms. The van der Waals surface area contributed by atoms with E-state index in [4.69, 9.17) is 5.11 Å². The van der Waals surface area contributed by atoms with Crippen LogP contribution in [-0.4, -0.2) is 44.2 Å². The van der Waals surface area contributed by atoms with Crippen LogP contribution in [0, 0.1) is 0 Å². The molecule has 0 aromatic heterocycles. The van der Waals surface area contributed by atoms with E-state index in [2.05, 4.69) is 5.32 Å². The molecular formula is C15H25NO3S. The first kappa shape index (κ1) is 17.1. The summed E-state index contributed by atoms with van der Waals surface area (Å²) in [6, 6.07) is 9.97. The van der Waals surface area contributed by atoms with Gasteiger partial charge in [-0.25, -0.2) is 8.42 Å². The second-order valence-electron chi connectivity index (χ2n) is 5.78. The molecule has 0 bridgehead atoms. The van der Waals surface area contributed by atoms with Crippen molar-refractivity contribution < 1.29 is 13.5 Å². The lowest BCUT2D eigenvalue weighted by molar-refractivity contribution is 0.273. The van der Waals surface area contributed by atoms with Crippen molar-refractivity contribution in [3.8, 4) is 0 Å². The van der Waals surface area contributed by atoms with Gasteiger partial charge >= 0.3 is 0 Å². The van der Waals surface area contributed by atoms with E-state index < -0.39 is 14.6 Å². The maximum Gasteiger partial charge on any atom is 0.153 e. The van der Waals surface area contributed by atoms with E-state index in [1.807, 2.05) is 30.3 Å². The Balaban J connectivity index is 2.61. The fraction of sp³-hybridized carbons (Fsp3) is 0.600. The van der Waals surface area contributed by atoms with Crippen molar-refractivity contribution in [1.82, 2.24) is 5.32 Å². The Morgan fingerprint density at radius 3 is 2.35 bits per heavy atom. The first-order chi connectivity index (χ1) is 9.28. The highest BCUT2D eigenvalue weighted by Crippen LogP contribution is 2.19. The first-order valence-corrected chi connectivity index (χ1v) is 8.73. The lowest BCUT2D eigenvalue weighted by Gasteiger charge is -2.25. The van der Waals surface area contributed by atoms with Gasteiger partial charge in [0.05, 0.1) is 4.75 Å². The van der Waals surface area contributed by atoms with Gasteiger partial charge in [0.25, 0.3) is 0 Å². The second-order valence-corrected chi connectivity index (χ2v) is 8.43. The minimum atomic E-state index is -3.09. The van der Waals surface area contributed by atoms with Crippen molar-refractivity contribution in [2.24, 2.45) is 0 Å². The smallest absolute Gasteiger partial charge is 0.153 e. The van der Waals surface area contributed by atoms with Crippen LogP contribution >= 0.6 is 0 Å². The topological polar surface area (TPSA) is 66.4 Å². The van der Waals surface area contributed by atoms with Gasteiger partial charge in [-0.3, -0.25) is 0 Å². The summed E-state index contributed by atoms with van der Waals surface area (Å²) in [6.45, 7) is 4.62. The van der Waals surface area contributed by atoms with E-state index in [0.717, 1.165) is 5.56 Å². The Bertz CT molecular complexity index is 497. The average Bonchev–Trinajstić information content (AvgIpc) is 2.37. The van der Waals surface area contributed by atoms with Gasteiger partial charge in [-0.2, -0.15) is 0 Å². The minimum Gasteiger partial charge on any atom is -0.396 e. The third-order valence-corrected chi connectivity index (χ3v) is 5.85. The summed E-state index contributed by atoms with van der Waals surface area (Å²) >= 11 is 0. The van der Waals surface area contributed by atoms with Crippen LogP contribution in [0.2, 0.25) is 0 Å². The molecule has 1 atom stereocenters. The molecule has 0 aliphatic rings. The van der Waals surface area contributed by atoms with Crippen molar-refractivity contribution in [2.75, 3.05) is 26.0 Å². The van der Waals surface area contributed by atoms with Crippen molar-refractivity contribution in [3.63, 3.8) is 0 Å². The third kappa shape index (κ3) is 4.89. The Labute approximate surface area is 122 Å². The molecule has 1 aromatic rings. The van der Waals surface area contributed by atoms with Crippen molar-refractivity contribution in [2.45, 2.75) is 30.9 Å². The molecule has 0 fully saturated rings. The van der Waals surface area contributed by atoms with Crippen LogP contribution in [0.3, 0.4) is 0 Å². The summed E-state index contributed by atoms with van der Waals surface area (Å²) in [5.41, 5.74) is 1.16. The standard InChI is InChI=1S/C15H25NO3S/c1-15(2,20(3,18)19)12-16-11-14(9-10-17)13-7-5-4-6-8-13/h4-8,14,16-17H,9-12H2,1-3H3. The number of hydrogen-bond acceptors (Lipinski definition) is 4. The van der Waals surface area contributed by atoms with E-state index >= 15 is 0 Å². The van der Waals surface area contributed by atoms with E-state index in [1.54, 1.807) is 13.8 Å². The maximum absolute atomic E-state index is 11.6. The normalized spacial score (nSPS) is 14.2. The zero-order valence-corrected chi connectivity index (χ0v) is 13.3. The predicted molar refractivity (Wildman–Crippen MR) is 82.7 cm³/mol. The van der Waals surface area contributed by atoms with Crippen LogP contribution in [0.1, 0.15) is 31.7 Å². The summed E-state index contributed by atoms with van der Waals surface area (Å²) in [6.07, 6.45) is 1.92. The highest BCUT2D eigenvalue weighted by molar-refractivity contribution is 7.92. The zero-order valence-electron chi connectivity index (χ0n) is 12.5. The lowest BCUT2D eigenvalue weighted by atomic mass is 9.96. The Morgan fingerprint density at radius 2 is 1.85 bits per heavy atom. The SMILES string of the molecule is CC(C)(CNCC(CCO)c1ccccc1)S(C)(=O)=O. The molecule has 1 unspecified atom stereocenters. The molecule has 0 aliphatic heterocycles. The van der Waals surface area contributed by atoms with Crippen molar-refractivity contribution in [1.29, 1.82) is 0 Å². The highest BCUT2D eigenvalue weighted by atomic mass is 32.2. The maximum atomic E-state index is 11.6. The zero-order chi connectivity index (χ0) is 15.2. The summed E-state index contributed by atoms with van der Waals surface area (Å²) in [5, 5.41) is 12.4. The van der Waals surface area contributed by atoms with Gasteiger partial charge in [-0.05, 0) is 31.7 Å². The number of aliphatic hydroxyl groups excluding tert-OH is 1. The van der Waals surface area contributed by atoms with Gasteiger partial charge in [0.15, 0.2) is 9.84 Å². The molecule has 1 rings (SSSR count). The van der Waals surface area contributed by atoms with Crippen LogP contribution in [-0.2, 0) is 9.84 Å². The van der Waals surface area contributed by atoms with Gasteiger partial charge < -0.3 is 10.4 Å². The molecule has 0 heterocycles. The lowest BCUT2D eigenvalue weighted by Crippen LogP contribution is -2.42. The Hall–Kier alpha value is -0.910. The molecule has 114 valence electrons. The van der Waals surface area contributed by atoms with Gasteiger partial charge in [0.2, 0.25) is 0 Å². The Kier molecular flexibility index (Phi) is 6.17. The van der Waals surface area contributed by atoms with E-state index in [1.165, 1.54) is 6.26 Å². The van der Waals surface area contributed by atoms with Crippen LogP contribution in [0.15, 0.2) is 30.3 Å². The van der Waals surface area contributed by atoms with Crippen molar-refractivity contribution in [3.05, 3.63) is 35.9 Å². The second kappa shape index (κ2) is 7.20. The fourth-order valence-corrected chi connectivity index (χ4v) is 2.31. The number of rotatable bonds is 8. The van der Waals surface area contributed by atoms with E-state index in [0.29, 0.717) is 19.5 Å². The molecule has 0 radical (unpaired) electrons. The first-order valence-electron chi connectivity index (χ1n) is 6.84. The van der Waals surface area contributed by atoms with Crippen LogP contribution in [0.4, 0.5) is 0 Å². The van der Waals surface area contributed by atoms with Gasteiger partial charge in [-0.1, -0.05) is 30.3 Å². The monoisotopic (exact) mass is 299 g/mol. The number of hydrogen-bond donors (Lipinski definition) is 2. The Morgan fingerprint density at radius 1 is 1.25 bits per heavy atom. The molecule has 0 amide bonds. The number of nitrogens with one attached hydrogen (secondary N) is 1. The van der Waals surface area contributed by atoms with Crippen molar-refractivity contribution >= 4 is 9.84 Å². The highest BCUT2D eigenvalue weighted by Gasteiger charge is 2.29. The van der Waals surface area contributed by atoms with Crippen LogP contribution < -0.4 is 5.32 Å². The number of aliphatic hydroxyl groups is 1. The molecule has 0 spiro atoms. The minimum absolute atomic E-state index is 0.122. The van der Waals surface area contributed by atoms with E-state index in [-0.39, 0.29) is 12.5 Å². The molecular weight excluding hydrogens is 274 g/mol. The third-order valence-electron chi connectivity index (χ3n) is 3.69. The molecule has 5 heteroatoms. The summed E-state index contributed by atoms with van der Waals surface area (Å²) in [4.78, 5) is 0. The van der Waals surface area contributed by atoms with E-state index in [9.17, 15) is 8.42 Å². The quantitative estimate of drug-likeness (QED) is 0.764. The molecule has 4 nitrogen and oxygen atoms in total. The largest absolute Gasteiger partial charge is 0.396 e. The molecule has 0 aliphatic carbocycles. The summed E-state index contributed by atoms with van der Waals surface area (Å²) in [7, 11) is -3.09. The van der Waals surface area contributed by atoms with Gasteiger partial charge in [0, 0.05) is 26.0 Å². The number of sulfone groups is 1. The van der Waals surface area contributed by atoms with Gasteiger partial charge in [0.1, 0.15) is 0 Å². The molecule has 1 aromatic carbocycles. The molecule has 0 saturated carbocycles. The fourth-order valence-electron chi connectivity index (χ4n) is 1.95. The summed E-state index contributed by atoms with van der Waals surface area (Å²) in [5.74, 6) is 0.191. The molecule has 0 saturated heterocycles. The van der Waals surface area contributed by atoms with Gasteiger partial charge in [-0.15, -0.1) is 0 Å². The molecule has 2 N–H and O–H groups in total. The van der Waals surface area contributed by atoms with Crippen LogP contribution in [0.5, 0.6) is 0 Å². The van der Waals surface area contributed by atoms with Crippen LogP contribution in [0.25, 0.3) is 0 Å². The predicted octanol–water partition coefficient (Wildman–Crippen LogP) is 1.57. The average molecular weight is 299 g/mol.